The first-order valence-electron chi connectivity index (χ1n) is 5.41. The summed E-state index contributed by atoms with van der Waals surface area (Å²) in [5.74, 6) is -1.61. The lowest BCUT2D eigenvalue weighted by Crippen LogP contribution is -2.13. The molecule has 0 aliphatic carbocycles. The van der Waals surface area contributed by atoms with Gasteiger partial charge in [-0.1, -0.05) is 35.9 Å². The van der Waals surface area contributed by atoms with Crippen LogP contribution in [0.5, 0.6) is 0 Å². The summed E-state index contributed by atoms with van der Waals surface area (Å²) in [5.41, 5.74) is 7.59. The van der Waals surface area contributed by atoms with Crippen molar-refractivity contribution in [2.75, 3.05) is 5.73 Å². The van der Waals surface area contributed by atoms with E-state index in [1.165, 1.54) is 0 Å². The van der Waals surface area contributed by atoms with Gasteiger partial charge in [0.1, 0.15) is 5.92 Å². The van der Waals surface area contributed by atoms with Crippen LogP contribution in [0.2, 0.25) is 5.02 Å². The van der Waals surface area contributed by atoms with Crippen LogP contribution in [0.4, 0.5) is 5.69 Å². The molecule has 0 radical (unpaired) electrons. The molecule has 0 bridgehead atoms. The third-order valence-electron chi connectivity index (χ3n) is 2.72. The van der Waals surface area contributed by atoms with Crippen molar-refractivity contribution in [3.63, 3.8) is 0 Å². The second-order valence-electron chi connectivity index (χ2n) is 3.99. The largest absolute Gasteiger partial charge is 0.481 e. The van der Waals surface area contributed by atoms with Gasteiger partial charge in [-0.25, -0.2) is 0 Å². The van der Waals surface area contributed by atoms with E-state index in [0.717, 1.165) is 0 Å². The Morgan fingerprint density at radius 2 is 1.44 bits per heavy atom. The Labute approximate surface area is 110 Å². The second-order valence-corrected chi connectivity index (χ2v) is 4.43. The molecular weight excluding hydrogens is 250 g/mol. The van der Waals surface area contributed by atoms with Crippen molar-refractivity contribution < 1.29 is 9.90 Å². The summed E-state index contributed by atoms with van der Waals surface area (Å²) in [6, 6.07) is 13.6. The minimum atomic E-state index is -0.901. The van der Waals surface area contributed by atoms with Crippen LogP contribution >= 0.6 is 11.6 Å². The Morgan fingerprint density at radius 3 is 1.89 bits per heavy atom. The topological polar surface area (TPSA) is 63.3 Å². The lowest BCUT2D eigenvalue weighted by Gasteiger charge is -2.13. The highest BCUT2D eigenvalue weighted by molar-refractivity contribution is 6.30. The van der Waals surface area contributed by atoms with Crippen LogP contribution in [0.15, 0.2) is 48.5 Å². The fraction of sp³-hybridized carbons (Fsp3) is 0.0714. The fourth-order valence-electron chi connectivity index (χ4n) is 1.82. The van der Waals surface area contributed by atoms with Crippen molar-refractivity contribution in [2.24, 2.45) is 0 Å². The van der Waals surface area contributed by atoms with E-state index in [9.17, 15) is 9.90 Å². The third-order valence-corrected chi connectivity index (χ3v) is 2.97. The highest BCUT2D eigenvalue weighted by Crippen LogP contribution is 2.26. The van der Waals surface area contributed by atoms with E-state index in [1.54, 1.807) is 48.5 Å². The molecule has 3 N–H and O–H groups in total. The number of carboxylic acid groups (broad SMARTS) is 1. The summed E-state index contributed by atoms with van der Waals surface area (Å²) in [6.07, 6.45) is 0. The first kappa shape index (κ1) is 12.5. The zero-order valence-electron chi connectivity index (χ0n) is 9.51. The molecule has 2 aromatic carbocycles. The van der Waals surface area contributed by atoms with Crippen molar-refractivity contribution >= 4 is 23.3 Å². The number of anilines is 1. The predicted octanol–water partition coefficient (Wildman–Crippen LogP) is 3.14. The summed E-state index contributed by atoms with van der Waals surface area (Å²) < 4.78 is 0. The molecule has 4 heteroatoms. The van der Waals surface area contributed by atoms with Gasteiger partial charge >= 0.3 is 5.97 Å². The monoisotopic (exact) mass is 261 g/mol. The minimum absolute atomic E-state index is 0.584. The first-order valence-corrected chi connectivity index (χ1v) is 5.79. The van der Waals surface area contributed by atoms with Gasteiger partial charge in [-0.3, -0.25) is 4.79 Å². The van der Waals surface area contributed by atoms with Gasteiger partial charge in [0.25, 0.3) is 0 Å². The maximum absolute atomic E-state index is 11.4. The van der Waals surface area contributed by atoms with E-state index in [1.807, 2.05) is 0 Å². The zero-order valence-corrected chi connectivity index (χ0v) is 10.3. The highest BCUT2D eigenvalue weighted by atomic mass is 35.5. The van der Waals surface area contributed by atoms with Gasteiger partial charge in [0.15, 0.2) is 0 Å². The quantitative estimate of drug-likeness (QED) is 0.835. The van der Waals surface area contributed by atoms with Crippen LogP contribution < -0.4 is 5.73 Å². The average Bonchev–Trinajstić information content (AvgIpc) is 2.34. The van der Waals surface area contributed by atoms with Crippen molar-refractivity contribution in [1.82, 2.24) is 0 Å². The number of rotatable bonds is 3. The summed E-state index contributed by atoms with van der Waals surface area (Å²) in [5, 5.41) is 9.94. The summed E-state index contributed by atoms with van der Waals surface area (Å²) in [7, 11) is 0. The lowest BCUT2D eigenvalue weighted by molar-refractivity contribution is -0.137. The van der Waals surface area contributed by atoms with Gasteiger partial charge in [-0.2, -0.15) is 0 Å². The Balaban J connectivity index is 2.43. The molecule has 3 nitrogen and oxygen atoms in total. The minimum Gasteiger partial charge on any atom is -0.481 e. The Kier molecular flexibility index (Phi) is 3.53. The fourth-order valence-corrected chi connectivity index (χ4v) is 1.95. The van der Waals surface area contributed by atoms with Gasteiger partial charge in [-0.05, 0) is 35.4 Å². The van der Waals surface area contributed by atoms with Crippen molar-refractivity contribution in [3.8, 4) is 0 Å². The Hall–Kier alpha value is -2.00. The maximum atomic E-state index is 11.4. The molecule has 1 atom stereocenters. The normalized spacial score (nSPS) is 12.1. The second kappa shape index (κ2) is 5.10. The molecule has 0 saturated carbocycles. The molecule has 2 rings (SSSR count). The van der Waals surface area contributed by atoms with Crippen molar-refractivity contribution in [2.45, 2.75) is 5.92 Å². The molecule has 0 spiro atoms. The third kappa shape index (κ3) is 2.63. The number of aliphatic carboxylic acids is 1. The van der Waals surface area contributed by atoms with Gasteiger partial charge in [0.2, 0.25) is 0 Å². The molecular formula is C14H12ClNO2. The molecule has 1 unspecified atom stereocenters. The van der Waals surface area contributed by atoms with Gasteiger partial charge in [0.05, 0.1) is 0 Å². The molecule has 0 fully saturated rings. The van der Waals surface area contributed by atoms with Crippen LogP contribution in [-0.4, -0.2) is 11.1 Å². The molecule has 18 heavy (non-hydrogen) atoms. The number of hydrogen-bond acceptors (Lipinski definition) is 2. The molecule has 0 aromatic heterocycles. The Morgan fingerprint density at radius 1 is 1.00 bits per heavy atom. The van der Waals surface area contributed by atoms with E-state index in [-0.39, 0.29) is 0 Å². The molecule has 0 amide bonds. The Bertz CT molecular complexity index is 504. The van der Waals surface area contributed by atoms with Crippen LogP contribution in [0.25, 0.3) is 0 Å². The molecule has 0 aliphatic heterocycles. The van der Waals surface area contributed by atoms with Gasteiger partial charge < -0.3 is 10.8 Å². The average molecular weight is 262 g/mol. The van der Waals surface area contributed by atoms with Gasteiger partial charge in [0, 0.05) is 10.7 Å². The number of benzene rings is 2. The smallest absolute Gasteiger partial charge is 0.315 e. The first-order chi connectivity index (χ1) is 8.58. The van der Waals surface area contributed by atoms with Crippen LogP contribution in [0.1, 0.15) is 17.0 Å². The van der Waals surface area contributed by atoms with Crippen LogP contribution in [0, 0.1) is 0 Å². The number of nitrogens with two attached hydrogens (primary N) is 1. The number of nitrogen functional groups attached to an aromatic ring is 1. The lowest BCUT2D eigenvalue weighted by atomic mass is 9.91. The molecule has 92 valence electrons. The SMILES string of the molecule is Nc1ccc(C(C(=O)O)c2ccc(Cl)cc2)cc1. The number of halogens is 1. The maximum Gasteiger partial charge on any atom is 0.315 e. The van der Waals surface area contributed by atoms with Crippen LogP contribution in [-0.2, 0) is 4.79 Å². The molecule has 0 aliphatic rings. The van der Waals surface area contributed by atoms with Crippen LogP contribution in [0.3, 0.4) is 0 Å². The molecule has 2 aromatic rings. The summed E-state index contributed by atoms with van der Waals surface area (Å²) in [6.45, 7) is 0. The van der Waals surface area contributed by atoms with E-state index in [0.29, 0.717) is 21.8 Å². The summed E-state index contributed by atoms with van der Waals surface area (Å²) >= 11 is 5.80. The van der Waals surface area contributed by atoms with E-state index >= 15 is 0 Å². The van der Waals surface area contributed by atoms with Crippen molar-refractivity contribution in [1.29, 1.82) is 0 Å². The van der Waals surface area contributed by atoms with E-state index < -0.39 is 11.9 Å². The number of carboxylic acids is 1. The highest BCUT2D eigenvalue weighted by Gasteiger charge is 2.21. The standard InChI is InChI=1S/C14H12ClNO2/c15-11-5-1-9(2-6-11)13(14(17)18)10-3-7-12(16)8-4-10/h1-8,13H,16H2,(H,17,18). The van der Waals surface area contributed by atoms with Crippen molar-refractivity contribution in [3.05, 3.63) is 64.7 Å². The van der Waals surface area contributed by atoms with E-state index in [2.05, 4.69) is 0 Å². The van der Waals surface area contributed by atoms with E-state index in [4.69, 9.17) is 17.3 Å². The zero-order chi connectivity index (χ0) is 13.1. The van der Waals surface area contributed by atoms with Gasteiger partial charge in [-0.15, -0.1) is 0 Å². The molecule has 0 saturated heterocycles. The molecule has 0 heterocycles. The number of carbonyl (C=O) groups is 1. The summed E-state index contributed by atoms with van der Waals surface area (Å²) in [4.78, 5) is 11.4. The predicted molar refractivity (Wildman–Crippen MR) is 71.8 cm³/mol. The number of hydrogen-bond donors (Lipinski definition) is 2.